The summed E-state index contributed by atoms with van der Waals surface area (Å²) >= 11 is 6.02. The number of aliphatic hydroxyl groups is 1. The van der Waals surface area contributed by atoms with Gasteiger partial charge in [-0.1, -0.05) is 11.6 Å². The molecule has 2 heterocycles. The van der Waals surface area contributed by atoms with E-state index in [1.807, 2.05) is 12.1 Å². The van der Waals surface area contributed by atoms with E-state index in [0.717, 1.165) is 44.8 Å². The lowest BCUT2D eigenvalue weighted by molar-refractivity contribution is 0.134. The largest absolute Gasteiger partial charge is 0.396 e. The van der Waals surface area contributed by atoms with Crippen LogP contribution in [-0.4, -0.2) is 47.8 Å². The van der Waals surface area contributed by atoms with Gasteiger partial charge in [0.15, 0.2) is 0 Å². The smallest absolute Gasteiger partial charge is 0.144 e. The number of halogens is 1. The average molecular weight is 270 g/mol. The maximum absolute atomic E-state index is 9.08. The zero-order chi connectivity index (χ0) is 12.8. The molecule has 18 heavy (non-hydrogen) atoms. The summed E-state index contributed by atoms with van der Waals surface area (Å²) in [4.78, 5) is 6.60. The molecule has 0 radical (unpaired) electrons. The van der Waals surface area contributed by atoms with Gasteiger partial charge in [0.2, 0.25) is 0 Å². The number of hydrogen-bond donors (Lipinski definition) is 2. The molecule has 0 unspecified atom stereocenters. The van der Waals surface area contributed by atoms with Crippen LogP contribution in [0.2, 0.25) is 5.02 Å². The fraction of sp³-hybridized carbons (Fsp3) is 0.615. The van der Waals surface area contributed by atoms with Crippen LogP contribution in [0.5, 0.6) is 0 Å². The number of hydrogen-bond acceptors (Lipinski definition) is 4. The Balaban J connectivity index is 1.69. The molecule has 1 aliphatic rings. The summed E-state index contributed by atoms with van der Waals surface area (Å²) in [6.07, 6.45) is 3.93. The summed E-state index contributed by atoms with van der Waals surface area (Å²) in [6, 6.07) is 3.66. The topological polar surface area (TPSA) is 48.4 Å². The zero-order valence-corrected chi connectivity index (χ0v) is 11.2. The fourth-order valence-electron chi connectivity index (χ4n) is 2.24. The number of rotatable bonds is 5. The van der Waals surface area contributed by atoms with Crippen molar-refractivity contribution in [1.29, 1.82) is 0 Å². The van der Waals surface area contributed by atoms with Gasteiger partial charge in [-0.05, 0) is 44.0 Å². The molecule has 100 valence electrons. The zero-order valence-electron chi connectivity index (χ0n) is 10.5. The minimum absolute atomic E-state index is 0.329. The van der Waals surface area contributed by atoms with E-state index in [-0.39, 0.29) is 0 Å². The third-order valence-corrected chi connectivity index (χ3v) is 3.75. The van der Waals surface area contributed by atoms with E-state index in [4.69, 9.17) is 16.7 Å². The van der Waals surface area contributed by atoms with Crippen LogP contribution in [-0.2, 0) is 0 Å². The Morgan fingerprint density at radius 1 is 1.44 bits per heavy atom. The second-order valence-electron chi connectivity index (χ2n) is 4.73. The van der Waals surface area contributed by atoms with Crippen molar-refractivity contribution in [3.05, 3.63) is 23.4 Å². The van der Waals surface area contributed by atoms with Crippen LogP contribution in [0.4, 0.5) is 5.82 Å². The van der Waals surface area contributed by atoms with Gasteiger partial charge in [-0.3, -0.25) is 0 Å². The van der Waals surface area contributed by atoms with E-state index in [1.54, 1.807) is 6.20 Å². The number of piperidine rings is 1. The second kappa shape index (κ2) is 6.92. The molecule has 0 atom stereocenters. The van der Waals surface area contributed by atoms with Gasteiger partial charge in [-0.15, -0.1) is 0 Å². The lowest BCUT2D eigenvalue weighted by Crippen LogP contribution is -2.37. The SMILES string of the molecule is OCC1CCN(CCNc2ncccc2Cl)CC1. The number of likely N-dealkylation sites (tertiary alicyclic amines) is 1. The monoisotopic (exact) mass is 269 g/mol. The van der Waals surface area contributed by atoms with E-state index >= 15 is 0 Å². The van der Waals surface area contributed by atoms with Gasteiger partial charge in [0.05, 0.1) is 5.02 Å². The molecule has 0 saturated carbocycles. The van der Waals surface area contributed by atoms with Gasteiger partial charge in [0.25, 0.3) is 0 Å². The summed E-state index contributed by atoms with van der Waals surface area (Å²) in [5.74, 6) is 1.25. The number of anilines is 1. The summed E-state index contributed by atoms with van der Waals surface area (Å²) in [6.45, 7) is 4.31. The highest BCUT2D eigenvalue weighted by molar-refractivity contribution is 6.32. The van der Waals surface area contributed by atoms with Crippen LogP contribution in [0.1, 0.15) is 12.8 Å². The summed E-state index contributed by atoms with van der Waals surface area (Å²) in [5, 5.41) is 13.0. The third-order valence-electron chi connectivity index (χ3n) is 3.44. The Hall–Kier alpha value is -0.840. The Kier molecular flexibility index (Phi) is 5.23. The summed E-state index contributed by atoms with van der Waals surface area (Å²) in [7, 11) is 0. The number of pyridine rings is 1. The number of nitrogens with one attached hydrogen (secondary N) is 1. The molecule has 1 aliphatic heterocycles. The van der Waals surface area contributed by atoms with Gasteiger partial charge < -0.3 is 15.3 Å². The Bertz CT molecular complexity index is 367. The summed E-state index contributed by atoms with van der Waals surface area (Å²) < 4.78 is 0. The minimum atomic E-state index is 0.329. The highest BCUT2D eigenvalue weighted by Crippen LogP contribution is 2.18. The fourth-order valence-corrected chi connectivity index (χ4v) is 2.43. The first-order valence-electron chi connectivity index (χ1n) is 6.47. The van der Waals surface area contributed by atoms with Crippen molar-refractivity contribution in [3.8, 4) is 0 Å². The molecule has 5 heteroatoms. The number of aromatic nitrogens is 1. The molecule has 1 saturated heterocycles. The molecule has 0 aromatic carbocycles. The van der Waals surface area contributed by atoms with Crippen LogP contribution < -0.4 is 5.32 Å². The average Bonchev–Trinajstić information content (AvgIpc) is 2.42. The van der Waals surface area contributed by atoms with Crippen LogP contribution >= 0.6 is 11.6 Å². The lowest BCUT2D eigenvalue weighted by atomic mass is 9.98. The molecule has 0 spiro atoms. The predicted octanol–water partition coefficient (Wildman–Crippen LogP) is 1.85. The van der Waals surface area contributed by atoms with Crippen molar-refractivity contribution in [2.45, 2.75) is 12.8 Å². The molecule has 1 aromatic rings. The Morgan fingerprint density at radius 3 is 2.89 bits per heavy atom. The van der Waals surface area contributed by atoms with Crippen LogP contribution in [0.3, 0.4) is 0 Å². The normalized spacial score (nSPS) is 17.9. The summed E-state index contributed by atoms with van der Waals surface area (Å²) in [5.41, 5.74) is 0. The van der Waals surface area contributed by atoms with Crippen molar-refractivity contribution < 1.29 is 5.11 Å². The van der Waals surface area contributed by atoms with Crippen LogP contribution in [0.25, 0.3) is 0 Å². The molecule has 0 bridgehead atoms. The molecule has 0 amide bonds. The van der Waals surface area contributed by atoms with E-state index < -0.39 is 0 Å². The number of nitrogens with zero attached hydrogens (tertiary/aromatic N) is 2. The van der Waals surface area contributed by atoms with E-state index in [9.17, 15) is 0 Å². The predicted molar refractivity (Wildman–Crippen MR) is 74.0 cm³/mol. The quantitative estimate of drug-likeness (QED) is 0.857. The van der Waals surface area contributed by atoms with Crippen LogP contribution in [0.15, 0.2) is 18.3 Å². The Labute approximate surface area is 113 Å². The highest BCUT2D eigenvalue weighted by Gasteiger charge is 2.17. The molecule has 0 aliphatic carbocycles. The lowest BCUT2D eigenvalue weighted by Gasteiger charge is -2.31. The maximum atomic E-state index is 9.08. The van der Waals surface area contributed by atoms with Crippen molar-refractivity contribution in [3.63, 3.8) is 0 Å². The molecule has 2 N–H and O–H groups in total. The van der Waals surface area contributed by atoms with E-state index in [2.05, 4.69) is 15.2 Å². The molecule has 1 fully saturated rings. The molecular weight excluding hydrogens is 250 g/mol. The van der Waals surface area contributed by atoms with Gasteiger partial charge in [-0.2, -0.15) is 0 Å². The van der Waals surface area contributed by atoms with Crippen molar-refractivity contribution >= 4 is 17.4 Å². The van der Waals surface area contributed by atoms with Gasteiger partial charge in [0, 0.05) is 25.9 Å². The van der Waals surface area contributed by atoms with Crippen molar-refractivity contribution in [1.82, 2.24) is 9.88 Å². The minimum Gasteiger partial charge on any atom is -0.396 e. The first-order chi connectivity index (χ1) is 8.79. The van der Waals surface area contributed by atoms with Gasteiger partial charge in [-0.25, -0.2) is 4.98 Å². The second-order valence-corrected chi connectivity index (χ2v) is 5.14. The highest BCUT2D eigenvalue weighted by atomic mass is 35.5. The van der Waals surface area contributed by atoms with E-state index in [0.29, 0.717) is 17.5 Å². The van der Waals surface area contributed by atoms with Crippen LogP contribution in [0, 0.1) is 5.92 Å². The molecular formula is C13H20ClN3O. The first-order valence-corrected chi connectivity index (χ1v) is 6.85. The third kappa shape index (κ3) is 3.83. The molecule has 2 rings (SSSR count). The van der Waals surface area contributed by atoms with Crippen molar-refractivity contribution in [2.75, 3.05) is 38.1 Å². The number of aliphatic hydroxyl groups excluding tert-OH is 1. The molecule has 1 aromatic heterocycles. The standard InChI is InChI=1S/C13H20ClN3O/c14-12-2-1-5-15-13(12)16-6-9-17-7-3-11(10-18)4-8-17/h1-2,5,11,18H,3-4,6-10H2,(H,15,16). The van der Waals surface area contributed by atoms with Gasteiger partial charge in [0.1, 0.15) is 5.82 Å². The maximum Gasteiger partial charge on any atom is 0.144 e. The van der Waals surface area contributed by atoms with E-state index in [1.165, 1.54) is 0 Å². The first kappa shape index (κ1) is 13.6. The Morgan fingerprint density at radius 2 is 2.22 bits per heavy atom. The van der Waals surface area contributed by atoms with Crippen molar-refractivity contribution in [2.24, 2.45) is 5.92 Å². The van der Waals surface area contributed by atoms with Gasteiger partial charge >= 0.3 is 0 Å². The molecule has 4 nitrogen and oxygen atoms in total.